The Kier molecular flexibility index (Phi) is 5.81. The van der Waals surface area contributed by atoms with Gasteiger partial charge in [-0.1, -0.05) is 61.2 Å². The number of hydrogen-bond acceptors (Lipinski definition) is 6. The van der Waals surface area contributed by atoms with Crippen LogP contribution in [0.2, 0.25) is 0 Å². The van der Waals surface area contributed by atoms with E-state index in [0.29, 0.717) is 34.1 Å². The molecular weight excluding hydrogens is 412 g/mol. The monoisotopic (exact) mass is 432 g/mol. The van der Waals surface area contributed by atoms with E-state index >= 15 is 0 Å². The molecule has 1 heterocycles. The fourth-order valence-corrected chi connectivity index (χ4v) is 4.33. The van der Waals surface area contributed by atoms with Crippen LogP contribution in [0, 0.1) is 0 Å². The number of nitrogens with one attached hydrogen (secondary N) is 1. The van der Waals surface area contributed by atoms with E-state index in [-0.39, 0.29) is 28.8 Å². The third-order valence-electron chi connectivity index (χ3n) is 4.98. The highest BCUT2D eigenvalue weighted by Gasteiger charge is 2.31. The van der Waals surface area contributed by atoms with E-state index in [0.717, 1.165) is 12.2 Å². The van der Waals surface area contributed by atoms with E-state index in [2.05, 4.69) is 22.1 Å². The summed E-state index contributed by atoms with van der Waals surface area (Å²) in [4.78, 5) is 38.5. The standard InChI is InChI=1S/C23H20N4O3S/c1-3-12-27-18(4-2)25-26-23(27)31-13-19(28)24-17-11-7-10-16-20(17)22(30)15-9-6-5-8-14(15)21(16)29/h3,5-11H,1,4,12-13H2,2H3,(H,24,28). The van der Waals surface area contributed by atoms with Crippen LogP contribution in [0.15, 0.2) is 60.3 Å². The van der Waals surface area contributed by atoms with Gasteiger partial charge in [-0.3, -0.25) is 14.4 Å². The van der Waals surface area contributed by atoms with E-state index in [9.17, 15) is 14.4 Å². The van der Waals surface area contributed by atoms with E-state index in [4.69, 9.17) is 0 Å². The van der Waals surface area contributed by atoms with Crippen LogP contribution in [0.1, 0.15) is 44.6 Å². The lowest BCUT2D eigenvalue weighted by Gasteiger charge is -2.20. The molecule has 0 aliphatic heterocycles. The minimum Gasteiger partial charge on any atom is -0.325 e. The maximum atomic E-state index is 13.0. The number of hydrogen-bond donors (Lipinski definition) is 1. The number of amides is 1. The molecule has 0 fully saturated rings. The van der Waals surface area contributed by atoms with Crippen LogP contribution in [0.3, 0.4) is 0 Å². The van der Waals surface area contributed by atoms with Gasteiger partial charge >= 0.3 is 0 Å². The number of thioether (sulfide) groups is 1. The maximum Gasteiger partial charge on any atom is 0.234 e. The maximum absolute atomic E-state index is 13.0. The van der Waals surface area contributed by atoms with Crippen molar-refractivity contribution in [1.82, 2.24) is 14.8 Å². The smallest absolute Gasteiger partial charge is 0.234 e. The number of carbonyl (C=O) groups is 3. The molecule has 0 spiro atoms. The average molecular weight is 433 g/mol. The molecule has 0 atom stereocenters. The number of ketones is 2. The molecule has 2 aromatic carbocycles. The summed E-state index contributed by atoms with van der Waals surface area (Å²) in [6.07, 6.45) is 2.48. The summed E-state index contributed by atoms with van der Waals surface area (Å²) >= 11 is 1.26. The largest absolute Gasteiger partial charge is 0.325 e. The Balaban J connectivity index is 1.54. The number of aromatic nitrogens is 3. The van der Waals surface area contributed by atoms with Crippen molar-refractivity contribution in [3.63, 3.8) is 0 Å². The van der Waals surface area contributed by atoms with E-state index in [1.54, 1.807) is 48.5 Å². The summed E-state index contributed by atoms with van der Waals surface area (Å²) in [5.74, 6) is 0.111. The van der Waals surface area contributed by atoms with Crippen molar-refractivity contribution in [2.24, 2.45) is 0 Å². The topological polar surface area (TPSA) is 93.9 Å². The molecule has 1 aliphatic carbocycles. The minimum absolute atomic E-state index is 0.0847. The van der Waals surface area contributed by atoms with Gasteiger partial charge in [0.15, 0.2) is 16.7 Å². The van der Waals surface area contributed by atoms with Gasteiger partial charge in [0.05, 0.1) is 17.0 Å². The molecule has 7 nitrogen and oxygen atoms in total. The Morgan fingerprint density at radius 2 is 1.77 bits per heavy atom. The van der Waals surface area contributed by atoms with Crippen molar-refractivity contribution in [3.8, 4) is 0 Å². The minimum atomic E-state index is -0.302. The third kappa shape index (κ3) is 3.82. The van der Waals surface area contributed by atoms with Gasteiger partial charge in [0.1, 0.15) is 5.82 Å². The van der Waals surface area contributed by atoms with Crippen LogP contribution in [0.4, 0.5) is 5.69 Å². The molecule has 3 aromatic rings. The van der Waals surface area contributed by atoms with Crippen molar-refractivity contribution in [1.29, 1.82) is 0 Å². The summed E-state index contributed by atoms with van der Waals surface area (Å²) in [5, 5.41) is 11.7. The van der Waals surface area contributed by atoms with Crippen molar-refractivity contribution >= 4 is 34.9 Å². The lowest BCUT2D eigenvalue weighted by molar-refractivity contribution is -0.113. The number of carbonyl (C=O) groups excluding carboxylic acids is 3. The molecule has 0 saturated carbocycles. The summed E-state index contributed by atoms with van der Waals surface area (Å²) in [6, 6.07) is 11.6. The SMILES string of the molecule is C=CCn1c(CC)nnc1SCC(=O)Nc1cccc2c1C(=O)c1ccccc1C2=O. The molecule has 1 N–H and O–H groups in total. The third-order valence-corrected chi connectivity index (χ3v) is 5.95. The van der Waals surface area contributed by atoms with Crippen LogP contribution in [-0.4, -0.2) is 38.0 Å². The van der Waals surface area contributed by atoms with E-state index in [1.807, 2.05) is 11.5 Å². The normalized spacial score (nSPS) is 12.3. The molecule has 31 heavy (non-hydrogen) atoms. The van der Waals surface area contributed by atoms with Crippen molar-refractivity contribution < 1.29 is 14.4 Å². The molecule has 0 unspecified atom stereocenters. The zero-order chi connectivity index (χ0) is 22.0. The first-order valence-electron chi connectivity index (χ1n) is 9.82. The highest BCUT2D eigenvalue weighted by molar-refractivity contribution is 7.99. The fraction of sp³-hybridized carbons (Fsp3) is 0.174. The van der Waals surface area contributed by atoms with Crippen LogP contribution in [0.5, 0.6) is 0 Å². The number of allylic oxidation sites excluding steroid dienone is 1. The Labute approximate surface area is 183 Å². The second kappa shape index (κ2) is 8.69. The lowest BCUT2D eigenvalue weighted by atomic mass is 9.83. The van der Waals surface area contributed by atoms with Crippen LogP contribution >= 0.6 is 11.8 Å². The molecule has 0 saturated heterocycles. The van der Waals surface area contributed by atoms with Gasteiger partial charge in [0.2, 0.25) is 5.91 Å². The van der Waals surface area contributed by atoms with E-state index in [1.165, 1.54) is 11.8 Å². The zero-order valence-corrected chi connectivity index (χ0v) is 17.7. The van der Waals surface area contributed by atoms with Gasteiger partial charge in [0, 0.05) is 29.7 Å². The van der Waals surface area contributed by atoms with Gasteiger partial charge in [-0.05, 0) is 6.07 Å². The van der Waals surface area contributed by atoms with Crippen LogP contribution in [-0.2, 0) is 17.8 Å². The highest BCUT2D eigenvalue weighted by atomic mass is 32.2. The number of benzene rings is 2. The molecule has 1 amide bonds. The first kappa shape index (κ1) is 20.7. The van der Waals surface area contributed by atoms with Crippen molar-refractivity contribution in [2.45, 2.75) is 25.0 Å². The summed E-state index contributed by atoms with van der Waals surface area (Å²) < 4.78 is 1.91. The zero-order valence-electron chi connectivity index (χ0n) is 16.9. The molecule has 8 heteroatoms. The number of rotatable bonds is 7. The average Bonchev–Trinajstić information content (AvgIpc) is 3.18. The Morgan fingerprint density at radius 1 is 1.06 bits per heavy atom. The van der Waals surface area contributed by atoms with Crippen LogP contribution in [0.25, 0.3) is 0 Å². The first-order valence-corrected chi connectivity index (χ1v) is 10.8. The second-order valence-electron chi connectivity index (χ2n) is 6.92. The van der Waals surface area contributed by atoms with Gasteiger partial charge < -0.3 is 9.88 Å². The quantitative estimate of drug-likeness (QED) is 0.355. The Hall–Kier alpha value is -3.52. The first-order chi connectivity index (χ1) is 15.0. The fourth-order valence-electron chi connectivity index (χ4n) is 3.57. The van der Waals surface area contributed by atoms with Crippen molar-refractivity contribution in [3.05, 3.63) is 83.2 Å². The summed E-state index contributed by atoms with van der Waals surface area (Å²) in [7, 11) is 0. The molecule has 0 radical (unpaired) electrons. The Bertz CT molecular complexity index is 1220. The molecule has 1 aliphatic rings. The van der Waals surface area contributed by atoms with Crippen molar-refractivity contribution in [2.75, 3.05) is 11.1 Å². The van der Waals surface area contributed by atoms with Gasteiger partial charge in [0.25, 0.3) is 0 Å². The summed E-state index contributed by atoms with van der Waals surface area (Å²) in [5.41, 5.74) is 1.59. The predicted molar refractivity (Wildman–Crippen MR) is 119 cm³/mol. The van der Waals surface area contributed by atoms with Gasteiger partial charge in [-0.25, -0.2) is 0 Å². The molecule has 1 aromatic heterocycles. The number of nitrogens with zero attached hydrogens (tertiary/aromatic N) is 3. The Morgan fingerprint density at radius 3 is 2.48 bits per heavy atom. The molecular formula is C23H20N4O3S. The molecule has 4 rings (SSSR count). The highest BCUT2D eigenvalue weighted by Crippen LogP contribution is 2.32. The molecule has 156 valence electrons. The van der Waals surface area contributed by atoms with Gasteiger partial charge in [-0.2, -0.15) is 0 Å². The number of fused-ring (bicyclic) bond motifs is 2. The number of anilines is 1. The molecule has 0 bridgehead atoms. The van der Waals surface area contributed by atoms with E-state index < -0.39 is 0 Å². The number of aryl methyl sites for hydroxylation is 1. The van der Waals surface area contributed by atoms with Gasteiger partial charge in [-0.15, -0.1) is 16.8 Å². The summed E-state index contributed by atoms with van der Waals surface area (Å²) in [6.45, 7) is 6.29. The lowest BCUT2D eigenvalue weighted by Crippen LogP contribution is -2.24. The van der Waals surface area contributed by atoms with Crippen LogP contribution < -0.4 is 5.32 Å². The second-order valence-corrected chi connectivity index (χ2v) is 7.86. The predicted octanol–water partition coefficient (Wildman–Crippen LogP) is 3.53.